The molecular weight excluding hydrogens is 342 g/mol. The van der Waals surface area contributed by atoms with E-state index in [1.165, 1.54) is 18.4 Å². The molecule has 2 N–H and O–H groups in total. The summed E-state index contributed by atoms with van der Waals surface area (Å²) in [6.45, 7) is 2.39. The molecule has 1 atom stereocenters. The van der Waals surface area contributed by atoms with E-state index in [4.69, 9.17) is 9.84 Å². The molecule has 1 aliphatic rings. The third kappa shape index (κ3) is 5.37. The number of nitrogens with zero attached hydrogens (tertiary/aromatic N) is 2. The first-order valence-corrected chi connectivity index (χ1v) is 9.29. The van der Waals surface area contributed by atoms with E-state index in [1.807, 2.05) is 12.1 Å². The fourth-order valence-corrected chi connectivity index (χ4v) is 3.26. The van der Waals surface area contributed by atoms with Crippen molar-refractivity contribution < 1.29 is 14.6 Å². The van der Waals surface area contributed by atoms with Crippen molar-refractivity contribution in [1.29, 1.82) is 0 Å². The Kier molecular flexibility index (Phi) is 6.54. The topological polar surface area (TPSA) is 84.3 Å². The number of aromatic nitrogens is 2. The summed E-state index contributed by atoms with van der Waals surface area (Å²) in [5.41, 5.74) is 4.04. The van der Waals surface area contributed by atoms with Gasteiger partial charge in [-0.05, 0) is 50.8 Å². The number of carboxylic acid groups (broad SMARTS) is 1. The van der Waals surface area contributed by atoms with Crippen LogP contribution in [0.1, 0.15) is 38.2 Å². The highest BCUT2D eigenvalue weighted by molar-refractivity contribution is 5.69. The quantitative estimate of drug-likeness (QED) is 0.694. The summed E-state index contributed by atoms with van der Waals surface area (Å²) < 4.78 is 5.48. The first kappa shape index (κ1) is 19.0. The lowest BCUT2D eigenvalue weighted by Crippen LogP contribution is -2.28. The minimum absolute atomic E-state index is 0.276. The van der Waals surface area contributed by atoms with Crippen molar-refractivity contribution in [1.82, 2.24) is 15.3 Å². The molecule has 0 amide bonds. The number of hydrogen-bond acceptors (Lipinski definition) is 5. The number of carbonyl (C=O) groups is 1. The van der Waals surface area contributed by atoms with E-state index in [0.29, 0.717) is 12.3 Å². The normalized spacial score (nSPS) is 15.1. The molecule has 6 heteroatoms. The molecule has 1 aromatic heterocycles. The maximum absolute atomic E-state index is 10.9. The van der Waals surface area contributed by atoms with Gasteiger partial charge in [0.2, 0.25) is 0 Å². The monoisotopic (exact) mass is 367 g/mol. The number of carboxylic acids is 1. The Hall–Kier alpha value is -2.73. The number of aliphatic carboxylic acids is 1. The standard InChI is InChI=1S/C21H25N3O3/c1-15(16-5-3-2-4-6-16)24-12-18-11-17(19-13-22-9-10-23-19)7-8-20(18)27-14-21(25)26/h5,7-11,13,15,24H,2-4,6,12,14H2,1H3,(H,25,26). The van der Waals surface area contributed by atoms with E-state index in [2.05, 4.69) is 28.3 Å². The molecule has 27 heavy (non-hydrogen) atoms. The number of allylic oxidation sites excluding steroid dienone is 1. The first-order valence-electron chi connectivity index (χ1n) is 9.29. The largest absolute Gasteiger partial charge is 0.482 e. The SMILES string of the molecule is CC(NCc1cc(-c2cnccn2)ccc1OCC(=O)O)C1=CCCCC1. The van der Waals surface area contributed by atoms with Gasteiger partial charge in [-0.2, -0.15) is 0 Å². The Morgan fingerprint density at radius 1 is 1.33 bits per heavy atom. The number of hydrogen-bond donors (Lipinski definition) is 2. The summed E-state index contributed by atoms with van der Waals surface area (Å²) in [4.78, 5) is 19.3. The van der Waals surface area contributed by atoms with Gasteiger partial charge in [0.05, 0.1) is 11.9 Å². The van der Waals surface area contributed by atoms with Crippen LogP contribution in [0.3, 0.4) is 0 Å². The molecular formula is C21H25N3O3. The van der Waals surface area contributed by atoms with E-state index in [0.717, 1.165) is 29.7 Å². The van der Waals surface area contributed by atoms with Crippen molar-refractivity contribution in [2.45, 2.75) is 45.2 Å². The van der Waals surface area contributed by atoms with Crippen molar-refractivity contribution in [3.8, 4) is 17.0 Å². The second-order valence-corrected chi connectivity index (χ2v) is 6.72. The molecule has 142 valence electrons. The van der Waals surface area contributed by atoms with Crippen LogP contribution < -0.4 is 10.1 Å². The summed E-state index contributed by atoms with van der Waals surface area (Å²) >= 11 is 0. The Bertz CT molecular complexity index is 806. The Morgan fingerprint density at radius 3 is 2.93 bits per heavy atom. The molecule has 0 saturated heterocycles. The molecule has 0 fully saturated rings. The molecule has 0 spiro atoms. The lowest BCUT2D eigenvalue weighted by Gasteiger charge is -2.22. The van der Waals surface area contributed by atoms with Crippen LogP contribution in [0.5, 0.6) is 5.75 Å². The fraction of sp³-hybridized carbons (Fsp3) is 0.381. The smallest absolute Gasteiger partial charge is 0.341 e. The minimum atomic E-state index is -0.993. The lowest BCUT2D eigenvalue weighted by atomic mass is 9.94. The van der Waals surface area contributed by atoms with E-state index < -0.39 is 5.97 Å². The van der Waals surface area contributed by atoms with Crippen molar-refractivity contribution >= 4 is 5.97 Å². The zero-order valence-electron chi connectivity index (χ0n) is 15.5. The highest BCUT2D eigenvalue weighted by Gasteiger charge is 2.14. The summed E-state index contributed by atoms with van der Waals surface area (Å²) in [6.07, 6.45) is 12.1. The number of ether oxygens (including phenoxy) is 1. The van der Waals surface area contributed by atoms with Gasteiger partial charge in [-0.15, -0.1) is 0 Å². The highest BCUT2D eigenvalue weighted by atomic mass is 16.5. The van der Waals surface area contributed by atoms with Crippen LogP contribution in [0.2, 0.25) is 0 Å². The lowest BCUT2D eigenvalue weighted by molar-refractivity contribution is -0.139. The van der Waals surface area contributed by atoms with Gasteiger partial charge in [0.15, 0.2) is 6.61 Å². The minimum Gasteiger partial charge on any atom is -0.482 e. The molecule has 2 aromatic rings. The van der Waals surface area contributed by atoms with E-state index in [9.17, 15) is 4.79 Å². The summed E-state index contributed by atoms with van der Waals surface area (Å²) in [5.74, 6) is -0.421. The second-order valence-electron chi connectivity index (χ2n) is 6.72. The molecule has 3 rings (SSSR count). The Labute approximate surface area is 159 Å². The van der Waals surface area contributed by atoms with Gasteiger partial charge in [-0.25, -0.2) is 4.79 Å². The van der Waals surface area contributed by atoms with Crippen LogP contribution in [0.25, 0.3) is 11.3 Å². The third-order valence-corrected chi connectivity index (χ3v) is 4.75. The van der Waals surface area contributed by atoms with Gasteiger partial charge in [0.25, 0.3) is 0 Å². The maximum Gasteiger partial charge on any atom is 0.341 e. The zero-order chi connectivity index (χ0) is 19.1. The maximum atomic E-state index is 10.9. The molecule has 0 radical (unpaired) electrons. The Balaban J connectivity index is 1.78. The highest BCUT2D eigenvalue weighted by Crippen LogP contribution is 2.26. The summed E-state index contributed by atoms with van der Waals surface area (Å²) in [6, 6.07) is 5.93. The van der Waals surface area contributed by atoms with Crippen LogP contribution in [-0.4, -0.2) is 33.7 Å². The second kappa shape index (κ2) is 9.28. The van der Waals surface area contributed by atoms with Gasteiger partial charge in [-0.1, -0.05) is 11.6 Å². The van der Waals surface area contributed by atoms with Crippen LogP contribution in [0.4, 0.5) is 0 Å². The Morgan fingerprint density at radius 2 is 2.22 bits per heavy atom. The molecule has 0 aliphatic heterocycles. The van der Waals surface area contributed by atoms with E-state index in [1.54, 1.807) is 24.7 Å². The van der Waals surface area contributed by atoms with Gasteiger partial charge < -0.3 is 15.2 Å². The molecule has 6 nitrogen and oxygen atoms in total. The average molecular weight is 367 g/mol. The number of benzene rings is 1. The summed E-state index contributed by atoms with van der Waals surface area (Å²) in [7, 11) is 0. The fourth-order valence-electron chi connectivity index (χ4n) is 3.26. The number of rotatable bonds is 8. The molecule has 0 saturated carbocycles. The van der Waals surface area contributed by atoms with Gasteiger partial charge in [0, 0.05) is 36.1 Å². The zero-order valence-corrected chi connectivity index (χ0v) is 15.5. The van der Waals surface area contributed by atoms with Crippen molar-refractivity contribution in [2.75, 3.05) is 6.61 Å². The van der Waals surface area contributed by atoms with Crippen molar-refractivity contribution in [3.63, 3.8) is 0 Å². The van der Waals surface area contributed by atoms with Gasteiger partial charge in [0.1, 0.15) is 5.75 Å². The van der Waals surface area contributed by atoms with Gasteiger partial charge >= 0.3 is 5.97 Å². The molecule has 0 bridgehead atoms. The van der Waals surface area contributed by atoms with Crippen molar-refractivity contribution in [3.05, 3.63) is 54.0 Å². The van der Waals surface area contributed by atoms with Crippen LogP contribution in [-0.2, 0) is 11.3 Å². The molecule has 1 heterocycles. The average Bonchev–Trinajstić information content (AvgIpc) is 2.72. The molecule has 1 aromatic carbocycles. The molecule has 1 aliphatic carbocycles. The van der Waals surface area contributed by atoms with Gasteiger partial charge in [-0.3, -0.25) is 9.97 Å². The first-order chi connectivity index (χ1) is 13.1. The van der Waals surface area contributed by atoms with Crippen LogP contribution in [0.15, 0.2) is 48.4 Å². The third-order valence-electron chi connectivity index (χ3n) is 4.75. The van der Waals surface area contributed by atoms with Crippen LogP contribution >= 0.6 is 0 Å². The van der Waals surface area contributed by atoms with Crippen LogP contribution in [0, 0.1) is 0 Å². The van der Waals surface area contributed by atoms with Crippen molar-refractivity contribution in [2.24, 2.45) is 0 Å². The summed E-state index contributed by atoms with van der Waals surface area (Å²) in [5, 5.41) is 12.5. The number of nitrogens with one attached hydrogen (secondary N) is 1. The molecule has 1 unspecified atom stereocenters. The predicted molar refractivity (Wildman–Crippen MR) is 103 cm³/mol. The van der Waals surface area contributed by atoms with E-state index in [-0.39, 0.29) is 12.6 Å². The van der Waals surface area contributed by atoms with E-state index >= 15 is 0 Å². The predicted octanol–water partition coefficient (Wildman–Crippen LogP) is 3.59.